The molecule has 0 spiro atoms. The first-order valence-electron chi connectivity index (χ1n) is 28.1. The second kappa shape index (κ2) is 53.0. The molecule has 0 aliphatic rings. The molecule has 3 N–H and O–H groups in total. The van der Waals surface area contributed by atoms with Crippen LogP contribution in [-0.2, 0) is 14.3 Å². The molecule has 0 saturated heterocycles. The summed E-state index contributed by atoms with van der Waals surface area (Å²) in [6.45, 7) is 4.89. The fourth-order valence-corrected chi connectivity index (χ4v) is 8.63. The summed E-state index contributed by atoms with van der Waals surface area (Å²) in [6.07, 6.45) is 63.3. The van der Waals surface area contributed by atoms with Crippen molar-refractivity contribution in [3.63, 3.8) is 0 Å². The van der Waals surface area contributed by atoms with Crippen LogP contribution in [0.25, 0.3) is 0 Å². The van der Waals surface area contributed by atoms with Gasteiger partial charge in [-0.15, -0.1) is 0 Å². The van der Waals surface area contributed by atoms with E-state index in [4.69, 9.17) is 4.74 Å². The van der Waals surface area contributed by atoms with E-state index in [0.717, 1.165) is 57.8 Å². The number of carbonyl (C=O) groups excluding carboxylic acids is 2. The van der Waals surface area contributed by atoms with E-state index in [9.17, 15) is 19.8 Å². The molecule has 0 aromatic carbocycles. The molecule has 0 heterocycles. The van der Waals surface area contributed by atoms with Crippen molar-refractivity contribution >= 4 is 11.9 Å². The molecule has 6 heteroatoms. The predicted octanol–water partition coefficient (Wildman–Crippen LogP) is 17.1. The van der Waals surface area contributed by atoms with Crippen LogP contribution in [0.4, 0.5) is 0 Å². The van der Waals surface area contributed by atoms with Crippen LogP contribution in [0.3, 0.4) is 0 Å². The van der Waals surface area contributed by atoms with Crippen LogP contribution in [0.5, 0.6) is 0 Å². The standard InChI is InChI=1S/C57H109NO5/c1-3-5-7-9-11-13-15-17-18-23-27-31-35-39-43-47-51-57(62)63-52-48-44-40-36-32-28-24-21-19-20-22-26-30-34-38-42-46-50-56(61)58-54(53-59)55(60)49-45-41-37-33-29-25-16-14-12-10-8-6-4-2/h19,21,45,49,54-55,59-60H,3-18,20,22-44,46-48,50-53H2,1-2H3,(H,58,61)/b21-19-,49-45+. The Hall–Kier alpha value is -1.66. The fraction of sp³-hybridized carbons (Fsp3) is 0.895. The average Bonchev–Trinajstić information content (AvgIpc) is 3.28. The highest BCUT2D eigenvalue weighted by Crippen LogP contribution is 2.16. The second-order valence-electron chi connectivity index (χ2n) is 19.3. The number of nitrogens with one attached hydrogen (secondary N) is 1. The Balaban J connectivity index is 3.46. The van der Waals surface area contributed by atoms with Crippen molar-refractivity contribution in [1.82, 2.24) is 5.32 Å². The number of hydrogen-bond acceptors (Lipinski definition) is 5. The number of ether oxygens (including phenoxy) is 1. The highest BCUT2D eigenvalue weighted by molar-refractivity contribution is 5.76. The van der Waals surface area contributed by atoms with Crippen molar-refractivity contribution in [2.75, 3.05) is 13.2 Å². The van der Waals surface area contributed by atoms with E-state index in [-0.39, 0.29) is 18.5 Å². The number of esters is 1. The quantitative estimate of drug-likeness (QED) is 0.0321. The molecule has 0 saturated carbocycles. The molecule has 0 aliphatic heterocycles. The van der Waals surface area contributed by atoms with Gasteiger partial charge in [0.25, 0.3) is 0 Å². The molecule has 0 aromatic rings. The topological polar surface area (TPSA) is 95.9 Å². The molecule has 1 amide bonds. The number of carbonyl (C=O) groups is 2. The van der Waals surface area contributed by atoms with Crippen molar-refractivity contribution in [2.24, 2.45) is 0 Å². The van der Waals surface area contributed by atoms with Crippen LogP contribution in [0, 0.1) is 0 Å². The normalized spacial score (nSPS) is 12.8. The van der Waals surface area contributed by atoms with Crippen molar-refractivity contribution in [1.29, 1.82) is 0 Å². The third-order valence-electron chi connectivity index (χ3n) is 13.0. The smallest absolute Gasteiger partial charge is 0.305 e. The second-order valence-corrected chi connectivity index (χ2v) is 19.3. The lowest BCUT2D eigenvalue weighted by atomic mass is 10.0. The molecule has 0 radical (unpaired) electrons. The lowest BCUT2D eigenvalue weighted by Gasteiger charge is -2.20. The van der Waals surface area contributed by atoms with E-state index in [1.54, 1.807) is 6.08 Å². The molecule has 372 valence electrons. The minimum Gasteiger partial charge on any atom is -0.466 e. The molecule has 2 atom stereocenters. The van der Waals surface area contributed by atoms with E-state index in [1.807, 2.05) is 6.08 Å². The maximum Gasteiger partial charge on any atom is 0.305 e. The first-order valence-corrected chi connectivity index (χ1v) is 28.1. The van der Waals surface area contributed by atoms with Gasteiger partial charge in [0.05, 0.1) is 25.4 Å². The Kier molecular flexibility index (Phi) is 51.6. The number of aliphatic hydroxyl groups excluding tert-OH is 2. The van der Waals surface area contributed by atoms with Gasteiger partial charge >= 0.3 is 5.97 Å². The van der Waals surface area contributed by atoms with Crippen molar-refractivity contribution in [3.8, 4) is 0 Å². The Morgan fingerprint density at radius 3 is 1.13 bits per heavy atom. The monoisotopic (exact) mass is 888 g/mol. The van der Waals surface area contributed by atoms with Crippen molar-refractivity contribution in [3.05, 3.63) is 24.3 Å². The van der Waals surface area contributed by atoms with Crippen LogP contribution in [0.1, 0.15) is 303 Å². The molecular formula is C57H109NO5. The van der Waals surface area contributed by atoms with Gasteiger partial charge in [0.15, 0.2) is 0 Å². The zero-order chi connectivity index (χ0) is 45.8. The van der Waals surface area contributed by atoms with Gasteiger partial charge < -0.3 is 20.3 Å². The van der Waals surface area contributed by atoms with Crippen molar-refractivity contribution < 1.29 is 24.5 Å². The minimum atomic E-state index is -0.851. The number of unbranched alkanes of at least 4 members (excludes halogenated alkanes) is 39. The number of rotatable bonds is 52. The van der Waals surface area contributed by atoms with Crippen LogP contribution >= 0.6 is 0 Å². The third kappa shape index (κ3) is 49.6. The number of allylic oxidation sites excluding steroid dienone is 3. The molecular weight excluding hydrogens is 779 g/mol. The third-order valence-corrected chi connectivity index (χ3v) is 13.0. The summed E-state index contributed by atoms with van der Waals surface area (Å²) in [7, 11) is 0. The molecule has 6 nitrogen and oxygen atoms in total. The Morgan fingerprint density at radius 2 is 0.746 bits per heavy atom. The molecule has 0 fully saturated rings. The summed E-state index contributed by atoms with van der Waals surface area (Å²) in [5, 5.41) is 23.0. The van der Waals surface area contributed by atoms with Gasteiger partial charge in [-0.25, -0.2) is 0 Å². The number of aliphatic hydroxyl groups is 2. The maximum absolute atomic E-state index is 12.4. The van der Waals surface area contributed by atoms with Crippen LogP contribution in [0.15, 0.2) is 24.3 Å². The molecule has 63 heavy (non-hydrogen) atoms. The van der Waals surface area contributed by atoms with Crippen molar-refractivity contribution in [2.45, 2.75) is 315 Å². The van der Waals surface area contributed by atoms with Gasteiger partial charge in [0.2, 0.25) is 5.91 Å². The fourth-order valence-electron chi connectivity index (χ4n) is 8.63. The van der Waals surface area contributed by atoms with Gasteiger partial charge in [0.1, 0.15) is 0 Å². The summed E-state index contributed by atoms with van der Waals surface area (Å²) >= 11 is 0. The van der Waals surface area contributed by atoms with Gasteiger partial charge in [0, 0.05) is 12.8 Å². The van der Waals surface area contributed by atoms with E-state index in [0.29, 0.717) is 19.4 Å². The summed E-state index contributed by atoms with van der Waals surface area (Å²) in [5.41, 5.74) is 0. The molecule has 0 aliphatic carbocycles. The first kappa shape index (κ1) is 61.3. The van der Waals surface area contributed by atoms with Gasteiger partial charge in [-0.2, -0.15) is 0 Å². The van der Waals surface area contributed by atoms with Crippen LogP contribution in [-0.4, -0.2) is 47.4 Å². The van der Waals surface area contributed by atoms with E-state index >= 15 is 0 Å². The minimum absolute atomic E-state index is 0.000609. The molecule has 2 unspecified atom stereocenters. The predicted molar refractivity (Wildman–Crippen MR) is 273 cm³/mol. The summed E-state index contributed by atoms with van der Waals surface area (Å²) < 4.78 is 5.48. The Morgan fingerprint density at radius 1 is 0.429 bits per heavy atom. The summed E-state index contributed by atoms with van der Waals surface area (Å²) in [5.74, 6) is -0.0792. The SMILES string of the molecule is CCCCCCCCCCCCC/C=C/C(O)C(CO)NC(=O)CCCCCCCCC/C=C\CCCCCCCCOC(=O)CCCCCCCCCCCCCCCCCC. The average molecular weight is 889 g/mol. The van der Waals surface area contributed by atoms with E-state index < -0.39 is 12.1 Å². The Bertz CT molecular complexity index is 982. The number of amides is 1. The van der Waals surface area contributed by atoms with Crippen LogP contribution < -0.4 is 5.32 Å². The lowest BCUT2D eigenvalue weighted by molar-refractivity contribution is -0.143. The van der Waals surface area contributed by atoms with E-state index in [2.05, 4.69) is 31.3 Å². The molecule has 0 bridgehead atoms. The highest BCUT2D eigenvalue weighted by atomic mass is 16.5. The van der Waals surface area contributed by atoms with Gasteiger partial charge in [-0.3, -0.25) is 9.59 Å². The van der Waals surface area contributed by atoms with Gasteiger partial charge in [-0.1, -0.05) is 256 Å². The number of hydrogen-bond donors (Lipinski definition) is 3. The van der Waals surface area contributed by atoms with E-state index in [1.165, 1.54) is 218 Å². The lowest BCUT2D eigenvalue weighted by Crippen LogP contribution is -2.45. The van der Waals surface area contributed by atoms with Gasteiger partial charge in [-0.05, 0) is 57.8 Å². The summed E-state index contributed by atoms with van der Waals surface area (Å²) in [4.78, 5) is 24.5. The highest BCUT2D eigenvalue weighted by Gasteiger charge is 2.18. The molecule has 0 aromatic heterocycles. The molecule has 0 rings (SSSR count). The zero-order valence-electron chi connectivity index (χ0n) is 42.3. The first-order chi connectivity index (χ1) is 31.0. The zero-order valence-corrected chi connectivity index (χ0v) is 42.3. The Labute approximate surface area is 392 Å². The largest absolute Gasteiger partial charge is 0.466 e. The van der Waals surface area contributed by atoms with Crippen LogP contribution in [0.2, 0.25) is 0 Å². The summed E-state index contributed by atoms with van der Waals surface area (Å²) in [6, 6.07) is -0.635. The maximum atomic E-state index is 12.4.